The Morgan fingerprint density at radius 2 is 2.39 bits per heavy atom. The summed E-state index contributed by atoms with van der Waals surface area (Å²) in [7, 11) is 0. The molecule has 0 aliphatic rings. The minimum Gasteiger partial charge on any atom is -0.369 e. The highest BCUT2D eigenvalue weighted by atomic mass is 32.1. The van der Waals surface area contributed by atoms with Crippen molar-refractivity contribution in [1.29, 1.82) is 0 Å². The summed E-state index contributed by atoms with van der Waals surface area (Å²) in [6, 6.07) is 3.35. The monoisotopic (exact) mass is 262 g/mol. The van der Waals surface area contributed by atoms with E-state index in [-0.39, 0.29) is 0 Å². The molecule has 0 saturated carbocycles. The molecule has 0 aromatic carbocycles. The summed E-state index contributed by atoms with van der Waals surface area (Å²) in [5.74, 6) is 0.0500. The van der Waals surface area contributed by atoms with Crippen LogP contribution < -0.4 is 11.1 Å². The fraction of sp³-hybridized carbons (Fsp3) is 0.250. The Labute approximate surface area is 109 Å². The number of hydrogen-bond donors (Lipinski definition) is 2. The van der Waals surface area contributed by atoms with Crippen LogP contribution >= 0.6 is 11.3 Å². The third kappa shape index (κ3) is 3.04. The number of aromatic nitrogens is 2. The lowest BCUT2D eigenvalue weighted by Crippen LogP contribution is -2.16. The van der Waals surface area contributed by atoms with Crippen LogP contribution in [0.15, 0.2) is 23.7 Å². The molecule has 94 valence electrons. The van der Waals surface area contributed by atoms with Crippen molar-refractivity contribution in [3.8, 4) is 0 Å². The van der Waals surface area contributed by atoms with Gasteiger partial charge in [0.15, 0.2) is 0 Å². The fourth-order valence-electron chi connectivity index (χ4n) is 1.55. The molecular weight excluding hydrogens is 248 g/mol. The highest BCUT2D eigenvalue weighted by molar-refractivity contribution is 7.09. The van der Waals surface area contributed by atoms with Crippen LogP contribution in [-0.2, 0) is 6.42 Å². The maximum Gasteiger partial charge on any atom is 0.252 e. The number of amides is 1. The van der Waals surface area contributed by atoms with E-state index in [0.29, 0.717) is 17.9 Å². The minimum absolute atomic E-state index is 0.410. The summed E-state index contributed by atoms with van der Waals surface area (Å²) in [5.41, 5.74) is 6.71. The molecule has 0 fully saturated rings. The average Bonchev–Trinajstić information content (AvgIpc) is 2.75. The molecule has 0 unspecified atom stereocenters. The average molecular weight is 262 g/mol. The van der Waals surface area contributed by atoms with Crippen molar-refractivity contribution in [1.82, 2.24) is 9.97 Å². The Balaban J connectivity index is 1.96. The van der Waals surface area contributed by atoms with Crippen molar-refractivity contribution in [2.75, 3.05) is 11.9 Å². The zero-order valence-electron chi connectivity index (χ0n) is 10.0. The first-order valence-corrected chi connectivity index (χ1v) is 6.44. The summed E-state index contributed by atoms with van der Waals surface area (Å²) in [4.78, 5) is 19.7. The first-order chi connectivity index (χ1) is 8.66. The zero-order valence-corrected chi connectivity index (χ0v) is 10.8. The van der Waals surface area contributed by atoms with Gasteiger partial charge in [0.25, 0.3) is 5.91 Å². The van der Waals surface area contributed by atoms with Crippen molar-refractivity contribution in [2.45, 2.75) is 13.3 Å². The van der Waals surface area contributed by atoms with Gasteiger partial charge >= 0.3 is 0 Å². The number of pyridine rings is 1. The Hall–Kier alpha value is -1.95. The van der Waals surface area contributed by atoms with E-state index in [4.69, 9.17) is 5.73 Å². The summed E-state index contributed by atoms with van der Waals surface area (Å²) < 4.78 is 0. The number of rotatable bonds is 5. The first kappa shape index (κ1) is 12.5. The molecule has 18 heavy (non-hydrogen) atoms. The number of anilines is 1. The van der Waals surface area contributed by atoms with Crippen molar-refractivity contribution < 1.29 is 4.79 Å². The number of aryl methyl sites for hydroxylation is 1. The highest BCUT2D eigenvalue weighted by Crippen LogP contribution is 2.12. The number of nitrogens with zero attached hydrogens (tertiary/aromatic N) is 2. The molecule has 0 saturated heterocycles. The van der Waals surface area contributed by atoms with Crippen LogP contribution in [0.1, 0.15) is 21.1 Å². The van der Waals surface area contributed by atoms with Gasteiger partial charge in [0.05, 0.1) is 10.6 Å². The molecule has 0 atom stereocenters. The third-order valence-electron chi connectivity index (χ3n) is 2.37. The van der Waals surface area contributed by atoms with E-state index in [2.05, 4.69) is 15.3 Å². The molecule has 6 heteroatoms. The standard InChI is InChI=1S/C12H14N4OS/c1-8-7-18-10(16-8)4-6-15-12-9(11(13)17)3-2-5-14-12/h2-3,5,7H,4,6H2,1H3,(H2,13,17)(H,14,15). The summed E-state index contributed by atoms with van der Waals surface area (Å²) >= 11 is 1.63. The van der Waals surface area contributed by atoms with Crippen LogP contribution in [0.2, 0.25) is 0 Å². The van der Waals surface area contributed by atoms with Gasteiger partial charge in [0.2, 0.25) is 0 Å². The van der Waals surface area contributed by atoms with Crippen molar-refractivity contribution >= 4 is 23.1 Å². The zero-order chi connectivity index (χ0) is 13.0. The molecular formula is C12H14N4OS. The number of nitrogens with two attached hydrogens (primary N) is 1. The van der Waals surface area contributed by atoms with E-state index in [1.165, 1.54) is 0 Å². The van der Waals surface area contributed by atoms with E-state index in [1.807, 2.05) is 12.3 Å². The van der Waals surface area contributed by atoms with Gasteiger partial charge in [-0.15, -0.1) is 11.3 Å². The second-order valence-corrected chi connectivity index (χ2v) is 4.77. The maximum atomic E-state index is 11.2. The summed E-state index contributed by atoms with van der Waals surface area (Å²) in [6.07, 6.45) is 2.43. The van der Waals surface area contributed by atoms with Crippen LogP contribution in [0.5, 0.6) is 0 Å². The van der Waals surface area contributed by atoms with Gasteiger partial charge in [-0.3, -0.25) is 4.79 Å². The van der Waals surface area contributed by atoms with Crippen LogP contribution in [0.3, 0.4) is 0 Å². The first-order valence-electron chi connectivity index (χ1n) is 5.56. The largest absolute Gasteiger partial charge is 0.369 e. The number of hydrogen-bond acceptors (Lipinski definition) is 5. The van der Waals surface area contributed by atoms with E-state index in [1.54, 1.807) is 29.7 Å². The molecule has 0 spiro atoms. The molecule has 0 aliphatic carbocycles. The number of nitrogens with one attached hydrogen (secondary N) is 1. The van der Waals surface area contributed by atoms with Gasteiger partial charge in [0.1, 0.15) is 5.82 Å². The molecule has 0 radical (unpaired) electrons. The van der Waals surface area contributed by atoms with E-state index >= 15 is 0 Å². The molecule has 2 aromatic rings. The van der Waals surface area contributed by atoms with E-state index in [9.17, 15) is 4.79 Å². The molecule has 2 rings (SSSR count). The van der Waals surface area contributed by atoms with Crippen molar-refractivity contribution in [3.05, 3.63) is 40.0 Å². The predicted octanol–water partition coefficient (Wildman–Crippen LogP) is 1.60. The second kappa shape index (κ2) is 5.59. The summed E-state index contributed by atoms with van der Waals surface area (Å²) in [5, 5.41) is 6.19. The Bertz CT molecular complexity index is 553. The Kier molecular flexibility index (Phi) is 3.88. The van der Waals surface area contributed by atoms with Crippen molar-refractivity contribution in [2.24, 2.45) is 5.73 Å². The van der Waals surface area contributed by atoms with Crippen LogP contribution in [0, 0.1) is 6.92 Å². The van der Waals surface area contributed by atoms with Gasteiger partial charge in [0, 0.05) is 30.2 Å². The number of primary amides is 1. The van der Waals surface area contributed by atoms with Crippen LogP contribution in [0.25, 0.3) is 0 Å². The van der Waals surface area contributed by atoms with Gasteiger partial charge < -0.3 is 11.1 Å². The molecule has 0 aliphatic heterocycles. The SMILES string of the molecule is Cc1csc(CCNc2ncccc2C(N)=O)n1. The topological polar surface area (TPSA) is 80.9 Å². The molecule has 5 nitrogen and oxygen atoms in total. The molecule has 1 amide bonds. The number of carbonyl (C=O) groups excluding carboxylic acids is 1. The minimum atomic E-state index is -0.476. The number of carbonyl (C=O) groups is 1. The molecule has 2 heterocycles. The van der Waals surface area contributed by atoms with Crippen LogP contribution in [0.4, 0.5) is 5.82 Å². The second-order valence-electron chi connectivity index (χ2n) is 3.82. The van der Waals surface area contributed by atoms with Gasteiger partial charge in [-0.25, -0.2) is 9.97 Å². The van der Waals surface area contributed by atoms with Gasteiger partial charge in [-0.05, 0) is 19.1 Å². The predicted molar refractivity (Wildman–Crippen MR) is 71.8 cm³/mol. The van der Waals surface area contributed by atoms with Crippen LogP contribution in [-0.4, -0.2) is 22.4 Å². The lowest BCUT2D eigenvalue weighted by atomic mass is 10.2. The summed E-state index contributed by atoms with van der Waals surface area (Å²) in [6.45, 7) is 2.64. The Morgan fingerprint density at radius 1 is 1.56 bits per heavy atom. The smallest absolute Gasteiger partial charge is 0.252 e. The van der Waals surface area contributed by atoms with Gasteiger partial charge in [-0.2, -0.15) is 0 Å². The normalized spacial score (nSPS) is 10.3. The lowest BCUT2D eigenvalue weighted by Gasteiger charge is -2.07. The molecule has 0 bridgehead atoms. The molecule has 2 aromatic heterocycles. The molecule has 3 N–H and O–H groups in total. The number of thiazole rings is 1. The van der Waals surface area contributed by atoms with Crippen molar-refractivity contribution in [3.63, 3.8) is 0 Å². The Morgan fingerprint density at radius 3 is 3.06 bits per heavy atom. The fourth-order valence-corrected chi connectivity index (χ4v) is 2.33. The maximum absolute atomic E-state index is 11.2. The third-order valence-corrected chi connectivity index (χ3v) is 3.40. The van der Waals surface area contributed by atoms with E-state index < -0.39 is 5.91 Å². The quantitative estimate of drug-likeness (QED) is 0.857. The van der Waals surface area contributed by atoms with E-state index in [0.717, 1.165) is 17.1 Å². The highest BCUT2D eigenvalue weighted by Gasteiger charge is 2.08. The lowest BCUT2D eigenvalue weighted by molar-refractivity contribution is 0.100. The van der Waals surface area contributed by atoms with Gasteiger partial charge in [-0.1, -0.05) is 0 Å².